The van der Waals surface area contributed by atoms with Crippen molar-refractivity contribution < 1.29 is 5.11 Å². The van der Waals surface area contributed by atoms with Crippen LogP contribution in [0.15, 0.2) is 18.3 Å². The first-order valence-corrected chi connectivity index (χ1v) is 7.49. The van der Waals surface area contributed by atoms with Crippen molar-refractivity contribution >= 4 is 5.82 Å². The second-order valence-corrected chi connectivity index (χ2v) is 6.08. The third-order valence-corrected chi connectivity index (χ3v) is 3.87. The first kappa shape index (κ1) is 14.3. The van der Waals surface area contributed by atoms with Crippen molar-refractivity contribution in [3.8, 4) is 0 Å². The Bertz CT molecular complexity index is 397. The predicted octanol–water partition coefficient (Wildman–Crippen LogP) is 3.54. The summed E-state index contributed by atoms with van der Waals surface area (Å²) in [5, 5.41) is 9.96. The number of nitrogens with zero attached hydrogens (tertiary/aromatic N) is 2. The quantitative estimate of drug-likeness (QED) is 0.881. The minimum Gasteiger partial charge on any atom is -0.389 e. The van der Waals surface area contributed by atoms with Crippen LogP contribution in [0.25, 0.3) is 0 Å². The largest absolute Gasteiger partial charge is 0.389 e. The molecule has 1 aliphatic rings. The Morgan fingerprint density at radius 2 is 2.00 bits per heavy atom. The van der Waals surface area contributed by atoms with Crippen LogP contribution in [-0.2, 0) is 0 Å². The summed E-state index contributed by atoms with van der Waals surface area (Å²) in [4.78, 5) is 6.99. The normalized spacial score (nSPS) is 17.9. The number of rotatable bonds is 5. The Morgan fingerprint density at radius 1 is 1.32 bits per heavy atom. The molecule has 1 aromatic rings. The maximum atomic E-state index is 9.96. The lowest BCUT2D eigenvalue weighted by molar-refractivity contribution is 0.199. The van der Waals surface area contributed by atoms with E-state index in [1.54, 1.807) is 0 Å². The Kier molecular flexibility index (Phi) is 4.81. The number of pyridine rings is 1. The second kappa shape index (κ2) is 6.38. The SMILES string of the molecule is CC(C)CN(c1ncccc1[C@@H](C)O)C1CCCC1. The van der Waals surface area contributed by atoms with Gasteiger partial charge in [-0.3, -0.25) is 0 Å². The molecule has 0 unspecified atom stereocenters. The average molecular weight is 262 g/mol. The summed E-state index contributed by atoms with van der Waals surface area (Å²) in [5.74, 6) is 1.59. The van der Waals surface area contributed by atoms with Crippen molar-refractivity contribution in [2.75, 3.05) is 11.4 Å². The van der Waals surface area contributed by atoms with Crippen LogP contribution in [0.3, 0.4) is 0 Å². The van der Waals surface area contributed by atoms with Gasteiger partial charge in [0.15, 0.2) is 0 Å². The molecule has 0 radical (unpaired) electrons. The smallest absolute Gasteiger partial charge is 0.134 e. The molecule has 2 rings (SSSR count). The van der Waals surface area contributed by atoms with Gasteiger partial charge < -0.3 is 10.0 Å². The van der Waals surface area contributed by atoms with E-state index < -0.39 is 6.10 Å². The van der Waals surface area contributed by atoms with Crippen molar-refractivity contribution in [3.05, 3.63) is 23.9 Å². The highest BCUT2D eigenvalue weighted by Crippen LogP contribution is 2.31. The topological polar surface area (TPSA) is 36.4 Å². The van der Waals surface area contributed by atoms with E-state index in [2.05, 4.69) is 23.7 Å². The highest BCUT2D eigenvalue weighted by atomic mass is 16.3. The summed E-state index contributed by atoms with van der Waals surface area (Å²) in [7, 11) is 0. The van der Waals surface area contributed by atoms with Crippen LogP contribution >= 0.6 is 0 Å². The summed E-state index contributed by atoms with van der Waals surface area (Å²) in [5.41, 5.74) is 0.954. The third kappa shape index (κ3) is 3.47. The van der Waals surface area contributed by atoms with Crippen molar-refractivity contribution in [2.24, 2.45) is 5.92 Å². The average Bonchev–Trinajstić information content (AvgIpc) is 2.89. The van der Waals surface area contributed by atoms with Gasteiger partial charge in [-0.25, -0.2) is 4.98 Å². The lowest BCUT2D eigenvalue weighted by Gasteiger charge is -2.33. The molecule has 0 spiro atoms. The summed E-state index contributed by atoms with van der Waals surface area (Å²) in [6.45, 7) is 7.32. The van der Waals surface area contributed by atoms with Gasteiger partial charge in [-0.1, -0.05) is 32.8 Å². The van der Waals surface area contributed by atoms with Crippen molar-refractivity contribution in [3.63, 3.8) is 0 Å². The van der Waals surface area contributed by atoms with Crippen molar-refractivity contribution in [1.82, 2.24) is 4.98 Å². The van der Waals surface area contributed by atoms with E-state index in [9.17, 15) is 5.11 Å². The number of aliphatic hydroxyl groups excluding tert-OH is 1. The first-order chi connectivity index (χ1) is 9.09. The fourth-order valence-corrected chi connectivity index (χ4v) is 2.99. The van der Waals surface area contributed by atoms with Gasteiger partial charge >= 0.3 is 0 Å². The molecule has 1 aromatic heterocycles. The van der Waals surface area contributed by atoms with Gasteiger partial charge in [-0.05, 0) is 31.7 Å². The standard InChI is InChI=1S/C16H26N2O/c1-12(2)11-18(14-7-4-5-8-14)16-15(13(3)19)9-6-10-17-16/h6,9-10,12-14,19H,4-5,7-8,11H2,1-3H3/t13-/m1/s1. The Morgan fingerprint density at radius 3 is 2.58 bits per heavy atom. The van der Waals surface area contributed by atoms with Gasteiger partial charge in [0.2, 0.25) is 0 Å². The highest BCUT2D eigenvalue weighted by Gasteiger charge is 2.26. The van der Waals surface area contributed by atoms with Gasteiger partial charge in [0.05, 0.1) is 6.10 Å². The Balaban J connectivity index is 2.31. The number of aromatic nitrogens is 1. The zero-order valence-corrected chi connectivity index (χ0v) is 12.3. The number of hydrogen-bond donors (Lipinski definition) is 1. The van der Waals surface area contributed by atoms with Crippen LogP contribution in [0.5, 0.6) is 0 Å². The van der Waals surface area contributed by atoms with Crippen LogP contribution < -0.4 is 4.90 Å². The van der Waals surface area contributed by atoms with Crippen LogP contribution in [0, 0.1) is 5.92 Å². The molecule has 1 aliphatic carbocycles. The fraction of sp³-hybridized carbons (Fsp3) is 0.688. The molecular formula is C16H26N2O. The van der Waals surface area contributed by atoms with E-state index in [4.69, 9.17) is 0 Å². The van der Waals surface area contributed by atoms with Crippen LogP contribution in [0.4, 0.5) is 5.82 Å². The zero-order chi connectivity index (χ0) is 13.8. The van der Waals surface area contributed by atoms with Gasteiger partial charge in [0.25, 0.3) is 0 Å². The van der Waals surface area contributed by atoms with E-state index >= 15 is 0 Å². The van der Waals surface area contributed by atoms with E-state index in [1.807, 2.05) is 25.3 Å². The van der Waals surface area contributed by atoms with Crippen LogP contribution in [0.2, 0.25) is 0 Å². The predicted molar refractivity (Wildman–Crippen MR) is 79.3 cm³/mol. The summed E-state index contributed by atoms with van der Waals surface area (Å²) < 4.78 is 0. The molecule has 3 nitrogen and oxygen atoms in total. The molecule has 0 aliphatic heterocycles. The molecular weight excluding hydrogens is 236 g/mol. The molecule has 1 saturated carbocycles. The molecule has 1 atom stereocenters. The number of aliphatic hydroxyl groups is 1. The van der Waals surface area contributed by atoms with E-state index in [0.29, 0.717) is 12.0 Å². The lowest BCUT2D eigenvalue weighted by atomic mass is 10.1. The molecule has 0 bridgehead atoms. The van der Waals surface area contributed by atoms with Crippen molar-refractivity contribution in [1.29, 1.82) is 0 Å². The number of anilines is 1. The van der Waals surface area contributed by atoms with Crippen LogP contribution in [0.1, 0.15) is 58.1 Å². The molecule has 3 heteroatoms. The fourth-order valence-electron chi connectivity index (χ4n) is 2.99. The van der Waals surface area contributed by atoms with Crippen molar-refractivity contribution in [2.45, 2.75) is 58.6 Å². The molecule has 1 fully saturated rings. The molecule has 0 saturated heterocycles. The number of hydrogen-bond acceptors (Lipinski definition) is 3. The van der Waals surface area contributed by atoms with E-state index in [1.165, 1.54) is 25.7 Å². The minimum absolute atomic E-state index is 0.459. The van der Waals surface area contributed by atoms with Gasteiger partial charge in [0.1, 0.15) is 5.82 Å². The Labute approximate surface area is 116 Å². The van der Waals surface area contributed by atoms with Gasteiger partial charge in [-0.15, -0.1) is 0 Å². The second-order valence-electron chi connectivity index (χ2n) is 6.08. The molecule has 1 heterocycles. The maximum absolute atomic E-state index is 9.96. The highest BCUT2D eigenvalue weighted by molar-refractivity contribution is 5.49. The van der Waals surface area contributed by atoms with E-state index in [-0.39, 0.29) is 0 Å². The third-order valence-electron chi connectivity index (χ3n) is 3.87. The molecule has 0 amide bonds. The summed E-state index contributed by atoms with van der Waals surface area (Å²) in [6.07, 6.45) is 6.51. The molecule has 1 N–H and O–H groups in total. The monoisotopic (exact) mass is 262 g/mol. The van der Waals surface area contributed by atoms with Gasteiger partial charge in [-0.2, -0.15) is 0 Å². The minimum atomic E-state index is -0.459. The maximum Gasteiger partial charge on any atom is 0.134 e. The summed E-state index contributed by atoms with van der Waals surface area (Å²) >= 11 is 0. The van der Waals surface area contributed by atoms with Gasteiger partial charge in [0, 0.05) is 24.3 Å². The molecule has 0 aromatic carbocycles. The first-order valence-electron chi connectivity index (χ1n) is 7.49. The van der Waals surface area contributed by atoms with E-state index in [0.717, 1.165) is 17.9 Å². The molecule has 19 heavy (non-hydrogen) atoms. The molecule has 106 valence electrons. The lowest BCUT2D eigenvalue weighted by Crippen LogP contribution is -2.37. The van der Waals surface area contributed by atoms with Crippen LogP contribution in [-0.4, -0.2) is 22.7 Å². The Hall–Kier alpha value is -1.09. The zero-order valence-electron chi connectivity index (χ0n) is 12.3. The summed E-state index contributed by atoms with van der Waals surface area (Å²) in [6, 6.07) is 4.50.